The molecule has 0 spiro atoms. The van der Waals surface area contributed by atoms with Crippen LogP contribution in [0.3, 0.4) is 0 Å². The first-order valence-electron chi connectivity index (χ1n) is 10.2. The summed E-state index contributed by atoms with van der Waals surface area (Å²) in [5.74, 6) is 2.39. The summed E-state index contributed by atoms with van der Waals surface area (Å²) >= 11 is 0. The Bertz CT molecular complexity index is 1180. The van der Waals surface area contributed by atoms with Crippen molar-refractivity contribution in [3.63, 3.8) is 0 Å². The number of hydrogen-bond acceptors (Lipinski definition) is 7. The molecule has 0 saturated heterocycles. The second-order valence-electron chi connectivity index (χ2n) is 7.21. The van der Waals surface area contributed by atoms with E-state index in [0.717, 1.165) is 16.9 Å². The molecule has 0 aliphatic carbocycles. The van der Waals surface area contributed by atoms with Crippen LogP contribution in [0.25, 0.3) is 11.4 Å². The van der Waals surface area contributed by atoms with Gasteiger partial charge in [-0.05, 0) is 55.8 Å². The molecule has 32 heavy (non-hydrogen) atoms. The number of methoxy groups -OCH3 is 2. The summed E-state index contributed by atoms with van der Waals surface area (Å²) in [5.41, 5.74) is 8.38. The molecule has 1 amide bonds. The largest absolute Gasteiger partial charge is 0.497 e. The maximum Gasteiger partial charge on any atom is 0.248 e. The fourth-order valence-electron chi connectivity index (χ4n) is 3.77. The number of primary amides is 1. The van der Waals surface area contributed by atoms with Gasteiger partial charge in [0.05, 0.1) is 26.4 Å². The first-order valence-corrected chi connectivity index (χ1v) is 10.2. The number of nitrogens with one attached hydrogen (secondary N) is 1. The van der Waals surface area contributed by atoms with Crippen molar-refractivity contribution in [2.75, 3.05) is 26.1 Å². The van der Waals surface area contributed by atoms with Crippen LogP contribution >= 0.6 is 0 Å². The third-order valence-corrected chi connectivity index (χ3v) is 5.27. The minimum atomic E-state index is -0.576. The molecule has 1 unspecified atom stereocenters. The van der Waals surface area contributed by atoms with Crippen molar-refractivity contribution in [2.45, 2.75) is 19.9 Å². The Balaban J connectivity index is 1.83. The second-order valence-corrected chi connectivity index (χ2v) is 7.21. The molecule has 9 nitrogen and oxygen atoms in total. The van der Waals surface area contributed by atoms with Gasteiger partial charge in [-0.1, -0.05) is 6.07 Å². The molecule has 1 atom stereocenters. The number of aromatic nitrogens is 3. The molecular weight excluding hydrogens is 410 g/mol. The van der Waals surface area contributed by atoms with Crippen LogP contribution in [-0.2, 0) is 4.79 Å². The van der Waals surface area contributed by atoms with Gasteiger partial charge in [-0.2, -0.15) is 4.98 Å². The number of anilines is 1. The number of hydrogen-bond donors (Lipinski definition) is 2. The topological polar surface area (TPSA) is 114 Å². The summed E-state index contributed by atoms with van der Waals surface area (Å²) in [7, 11) is 3.19. The minimum absolute atomic E-state index is 0.398. The molecule has 1 aliphatic heterocycles. The molecule has 0 bridgehead atoms. The van der Waals surface area contributed by atoms with Crippen LogP contribution in [0, 0.1) is 0 Å². The van der Waals surface area contributed by atoms with Crippen LogP contribution in [0.1, 0.15) is 25.5 Å². The van der Waals surface area contributed by atoms with Gasteiger partial charge in [-0.15, -0.1) is 5.10 Å². The SMILES string of the molecule is CCOc1ccc(C2C(C(N)=O)=C(C)Nc3nc(-c4ccc(OC)cc4)nn32)cc1OC. The van der Waals surface area contributed by atoms with Crippen LogP contribution < -0.4 is 25.3 Å². The lowest BCUT2D eigenvalue weighted by atomic mass is 9.95. The molecule has 1 aromatic heterocycles. The predicted octanol–water partition coefficient (Wildman–Crippen LogP) is 3.14. The number of fused-ring (bicyclic) bond motifs is 1. The summed E-state index contributed by atoms with van der Waals surface area (Å²) in [6, 6.07) is 12.4. The highest BCUT2D eigenvalue weighted by atomic mass is 16.5. The predicted molar refractivity (Wildman–Crippen MR) is 120 cm³/mol. The molecule has 0 radical (unpaired) electrons. The second kappa shape index (κ2) is 8.62. The molecule has 3 aromatic rings. The van der Waals surface area contributed by atoms with E-state index in [0.29, 0.717) is 41.1 Å². The van der Waals surface area contributed by atoms with Crippen molar-refractivity contribution in [3.8, 4) is 28.6 Å². The van der Waals surface area contributed by atoms with Crippen LogP contribution in [0.15, 0.2) is 53.7 Å². The van der Waals surface area contributed by atoms with E-state index < -0.39 is 11.9 Å². The van der Waals surface area contributed by atoms with E-state index in [-0.39, 0.29) is 0 Å². The monoisotopic (exact) mass is 435 g/mol. The molecular formula is C23H25N5O4. The first-order chi connectivity index (χ1) is 15.5. The normalized spacial score (nSPS) is 15.1. The van der Waals surface area contributed by atoms with Crippen molar-refractivity contribution in [2.24, 2.45) is 5.73 Å². The van der Waals surface area contributed by atoms with E-state index in [2.05, 4.69) is 10.3 Å². The molecule has 4 rings (SSSR count). The average Bonchev–Trinajstić information content (AvgIpc) is 3.22. The van der Waals surface area contributed by atoms with Gasteiger partial charge in [0.2, 0.25) is 11.9 Å². The summed E-state index contributed by atoms with van der Waals surface area (Å²) in [5, 5.41) is 7.86. The van der Waals surface area contributed by atoms with Gasteiger partial charge in [0.25, 0.3) is 0 Å². The molecule has 166 valence electrons. The highest BCUT2D eigenvalue weighted by molar-refractivity contribution is 5.95. The summed E-state index contributed by atoms with van der Waals surface area (Å²) in [6.07, 6.45) is 0. The smallest absolute Gasteiger partial charge is 0.248 e. The molecule has 2 aromatic carbocycles. The molecule has 0 saturated carbocycles. The van der Waals surface area contributed by atoms with Crippen LogP contribution in [0.2, 0.25) is 0 Å². The van der Waals surface area contributed by atoms with E-state index in [4.69, 9.17) is 25.0 Å². The van der Waals surface area contributed by atoms with Crippen molar-refractivity contribution in [1.29, 1.82) is 0 Å². The summed E-state index contributed by atoms with van der Waals surface area (Å²) in [4.78, 5) is 17.1. The molecule has 0 fully saturated rings. The zero-order valence-corrected chi connectivity index (χ0v) is 18.4. The Morgan fingerprint density at radius 2 is 1.88 bits per heavy atom. The molecule has 2 heterocycles. The number of nitrogens with zero attached hydrogens (tertiary/aromatic N) is 3. The lowest BCUT2D eigenvalue weighted by Crippen LogP contribution is -2.31. The van der Waals surface area contributed by atoms with Gasteiger partial charge >= 0.3 is 0 Å². The van der Waals surface area contributed by atoms with Crippen molar-refractivity contribution >= 4 is 11.9 Å². The third kappa shape index (κ3) is 3.73. The molecule has 9 heteroatoms. The van der Waals surface area contributed by atoms with Crippen molar-refractivity contribution in [1.82, 2.24) is 14.8 Å². The molecule has 1 aliphatic rings. The van der Waals surface area contributed by atoms with Crippen molar-refractivity contribution in [3.05, 3.63) is 59.3 Å². The number of nitrogens with two attached hydrogens (primary N) is 1. The van der Waals surface area contributed by atoms with Gasteiger partial charge in [-0.3, -0.25) is 4.79 Å². The Morgan fingerprint density at radius 1 is 1.12 bits per heavy atom. The quantitative estimate of drug-likeness (QED) is 0.586. The third-order valence-electron chi connectivity index (χ3n) is 5.27. The number of carbonyl (C=O) groups is 1. The minimum Gasteiger partial charge on any atom is -0.497 e. The maximum absolute atomic E-state index is 12.4. The van der Waals surface area contributed by atoms with E-state index in [1.807, 2.05) is 49.4 Å². The first kappa shape index (κ1) is 21.2. The standard InChI is InChI=1S/C23H25N5O4/c1-5-32-17-11-8-15(12-18(17)31-4)20-19(21(24)29)13(2)25-23-26-22(27-28(20)23)14-6-9-16(30-3)10-7-14/h6-12,20H,5H2,1-4H3,(H2,24,29)(H,25,26,27). The number of rotatable bonds is 7. The zero-order chi connectivity index (χ0) is 22.8. The van der Waals surface area contributed by atoms with Crippen LogP contribution in [0.5, 0.6) is 17.2 Å². The Kier molecular flexibility index (Phi) is 5.72. The van der Waals surface area contributed by atoms with Gasteiger partial charge in [0.1, 0.15) is 11.8 Å². The summed E-state index contributed by atoms with van der Waals surface area (Å²) in [6.45, 7) is 4.21. The van der Waals surface area contributed by atoms with Gasteiger partial charge in [-0.25, -0.2) is 4.68 Å². The van der Waals surface area contributed by atoms with Crippen molar-refractivity contribution < 1.29 is 19.0 Å². The van der Waals surface area contributed by atoms with E-state index in [9.17, 15) is 4.79 Å². The fourth-order valence-corrected chi connectivity index (χ4v) is 3.77. The van der Waals surface area contributed by atoms with Gasteiger partial charge in [0, 0.05) is 11.3 Å². The van der Waals surface area contributed by atoms with Crippen LogP contribution in [0.4, 0.5) is 5.95 Å². The highest BCUT2D eigenvalue weighted by Gasteiger charge is 2.34. The number of carbonyl (C=O) groups excluding carboxylic acids is 1. The van der Waals surface area contributed by atoms with E-state index in [1.54, 1.807) is 25.8 Å². The Hall–Kier alpha value is -4.01. The number of amides is 1. The van der Waals surface area contributed by atoms with Gasteiger partial charge < -0.3 is 25.3 Å². The number of benzene rings is 2. The summed E-state index contributed by atoms with van der Waals surface area (Å²) < 4.78 is 18.0. The van der Waals surface area contributed by atoms with E-state index in [1.165, 1.54) is 0 Å². The number of ether oxygens (including phenoxy) is 3. The lowest BCUT2D eigenvalue weighted by Gasteiger charge is -2.28. The molecule has 3 N–H and O–H groups in total. The number of allylic oxidation sites excluding steroid dienone is 1. The van der Waals surface area contributed by atoms with Gasteiger partial charge in [0.15, 0.2) is 17.3 Å². The fraction of sp³-hybridized carbons (Fsp3) is 0.261. The van der Waals surface area contributed by atoms with Crippen LogP contribution in [-0.4, -0.2) is 41.5 Å². The maximum atomic E-state index is 12.4. The lowest BCUT2D eigenvalue weighted by molar-refractivity contribution is -0.115. The zero-order valence-electron chi connectivity index (χ0n) is 18.4. The Labute approximate surface area is 185 Å². The average molecular weight is 435 g/mol. The Morgan fingerprint density at radius 3 is 2.50 bits per heavy atom. The highest BCUT2D eigenvalue weighted by Crippen LogP contribution is 2.39. The van der Waals surface area contributed by atoms with E-state index >= 15 is 0 Å².